The smallest absolute Gasteiger partial charge is 0.323 e. The molecule has 4 N–H and O–H groups in total. The molecule has 0 atom stereocenters. The minimum Gasteiger partial charge on any atom is -0.494 e. The Morgan fingerprint density at radius 3 is 1.11 bits per heavy atom. The van der Waals surface area contributed by atoms with Gasteiger partial charge in [0.25, 0.3) is 20.2 Å². The number of carbonyl (C=O) groups excluding carboxylic acids is 1. The maximum atomic E-state index is 13.3. The molecule has 0 bridgehead atoms. The van der Waals surface area contributed by atoms with Crippen LogP contribution < -0.4 is 20.1 Å². The highest BCUT2D eigenvalue weighted by Gasteiger charge is 2.13. The summed E-state index contributed by atoms with van der Waals surface area (Å²) < 4.78 is 72.1. The first-order chi connectivity index (χ1) is 33.3. The molecule has 0 radical (unpaired) electrons. The van der Waals surface area contributed by atoms with Crippen LogP contribution in [0.5, 0.6) is 11.5 Å². The molecule has 364 valence electrons. The van der Waals surface area contributed by atoms with Gasteiger partial charge in [-0.05, 0) is 197 Å². The van der Waals surface area contributed by atoms with Gasteiger partial charge in [0.2, 0.25) is 0 Å². The first-order valence-electron chi connectivity index (χ1n) is 21.8. The highest BCUT2D eigenvalue weighted by molar-refractivity contribution is 7.86. The Balaban J connectivity index is 0.993. The van der Waals surface area contributed by atoms with Crippen molar-refractivity contribution in [2.45, 2.75) is 54.4 Å². The van der Waals surface area contributed by atoms with Gasteiger partial charge in [0.05, 0.1) is 70.2 Å². The topological polar surface area (TPSA) is 267 Å². The summed E-state index contributed by atoms with van der Waals surface area (Å²) in [4.78, 5) is 13.3. The number of nitrogens with zero attached hydrogens (tertiary/aromatic N) is 8. The standard InChI is InChI=1S/C49H52N10O9S2/c1-31-25-39(13-19-43(31)56-52-37-9-15-41(16-10-37)67-21-7-23-69(61,62)63)54-58-47-29-33(3)45(27-35(47)5)50-49(60)51-46-28-36(6)48(30-34(46)4)59-55-40-14-20-44(32(2)26-40)57-53-38-11-17-42(18-12-38)68-22-8-24-70(64,65)66/h9-20,25-30H,7-8,21-24H2,1-6H3,(H2,50,51,60)(H,61,62,63)(H,64,65,66). The van der Waals surface area contributed by atoms with Crippen LogP contribution in [0.15, 0.2) is 150 Å². The van der Waals surface area contributed by atoms with E-state index in [1.54, 1.807) is 72.8 Å². The maximum Gasteiger partial charge on any atom is 0.323 e. The van der Waals surface area contributed by atoms with Crippen molar-refractivity contribution < 1.29 is 40.2 Å². The molecule has 2 amide bonds. The third-order valence-corrected chi connectivity index (χ3v) is 11.9. The summed E-state index contributed by atoms with van der Waals surface area (Å²) in [6.07, 6.45) is 0.337. The lowest BCUT2D eigenvalue weighted by Gasteiger charge is -2.14. The zero-order valence-electron chi connectivity index (χ0n) is 39.3. The van der Waals surface area contributed by atoms with Gasteiger partial charge in [-0.25, -0.2) is 4.79 Å². The van der Waals surface area contributed by atoms with Crippen LogP contribution >= 0.6 is 0 Å². The van der Waals surface area contributed by atoms with E-state index in [1.165, 1.54) is 0 Å². The summed E-state index contributed by atoms with van der Waals surface area (Å²) in [5.74, 6) is 0.350. The highest BCUT2D eigenvalue weighted by atomic mass is 32.2. The molecule has 0 aliphatic carbocycles. The third-order valence-electron chi connectivity index (χ3n) is 10.3. The number of nitrogens with one attached hydrogen (secondary N) is 2. The molecular formula is C49H52N10O9S2. The number of hydrogen-bond donors (Lipinski definition) is 4. The Morgan fingerprint density at radius 2 is 0.757 bits per heavy atom. The summed E-state index contributed by atoms with van der Waals surface area (Å²) in [7, 11) is -8.04. The zero-order valence-corrected chi connectivity index (χ0v) is 40.9. The maximum absolute atomic E-state index is 13.3. The van der Waals surface area contributed by atoms with Crippen molar-refractivity contribution in [1.29, 1.82) is 0 Å². The van der Waals surface area contributed by atoms with E-state index in [2.05, 4.69) is 51.5 Å². The lowest BCUT2D eigenvalue weighted by atomic mass is 10.1. The van der Waals surface area contributed by atoms with E-state index in [1.807, 2.05) is 77.9 Å². The number of carbonyl (C=O) groups is 1. The number of aryl methyl sites for hydroxylation is 6. The van der Waals surface area contributed by atoms with Gasteiger partial charge >= 0.3 is 6.03 Å². The number of hydrogen-bond acceptors (Lipinski definition) is 15. The average molecular weight is 989 g/mol. The van der Waals surface area contributed by atoms with E-state index in [0.717, 1.165) is 33.4 Å². The summed E-state index contributed by atoms with van der Waals surface area (Å²) >= 11 is 0. The molecule has 0 heterocycles. The Bertz CT molecular complexity index is 2990. The van der Waals surface area contributed by atoms with E-state index >= 15 is 0 Å². The van der Waals surface area contributed by atoms with Gasteiger partial charge in [0, 0.05) is 11.4 Å². The van der Waals surface area contributed by atoms with Crippen molar-refractivity contribution >= 4 is 83.1 Å². The molecule has 6 aromatic rings. The fraction of sp³-hybridized carbons (Fsp3) is 0.245. The quantitative estimate of drug-likeness (QED) is 0.0321. The van der Waals surface area contributed by atoms with Gasteiger partial charge in [-0.3, -0.25) is 9.11 Å². The molecule has 19 nitrogen and oxygen atoms in total. The number of ether oxygens (including phenoxy) is 2. The molecule has 0 saturated heterocycles. The van der Waals surface area contributed by atoms with E-state index in [0.29, 0.717) is 68.4 Å². The number of rotatable bonds is 20. The molecule has 70 heavy (non-hydrogen) atoms. The van der Waals surface area contributed by atoms with Gasteiger partial charge in [0.1, 0.15) is 11.5 Å². The molecule has 0 aromatic heterocycles. The van der Waals surface area contributed by atoms with Gasteiger partial charge in [-0.15, -0.1) is 0 Å². The molecule has 0 fully saturated rings. The monoisotopic (exact) mass is 988 g/mol. The minimum atomic E-state index is -4.02. The van der Waals surface area contributed by atoms with Crippen molar-refractivity contribution in [3.05, 3.63) is 143 Å². The Labute approximate surface area is 406 Å². The van der Waals surface area contributed by atoms with E-state index in [-0.39, 0.29) is 37.6 Å². The Kier molecular flexibility index (Phi) is 17.5. The predicted molar refractivity (Wildman–Crippen MR) is 269 cm³/mol. The molecular weight excluding hydrogens is 937 g/mol. The average Bonchev–Trinajstić information content (AvgIpc) is 3.30. The van der Waals surface area contributed by atoms with Crippen LogP contribution in [-0.2, 0) is 20.2 Å². The van der Waals surface area contributed by atoms with Crippen LogP contribution in [0.3, 0.4) is 0 Å². The van der Waals surface area contributed by atoms with Gasteiger partial charge < -0.3 is 20.1 Å². The van der Waals surface area contributed by atoms with E-state index in [4.69, 9.17) is 18.6 Å². The largest absolute Gasteiger partial charge is 0.494 e. The van der Waals surface area contributed by atoms with Crippen molar-refractivity contribution in [2.75, 3.05) is 35.4 Å². The molecule has 0 saturated carbocycles. The van der Waals surface area contributed by atoms with Crippen LogP contribution in [0.4, 0.5) is 61.7 Å². The first-order valence-corrected chi connectivity index (χ1v) is 25.0. The summed E-state index contributed by atoms with van der Waals surface area (Å²) in [5, 5.41) is 41.1. The SMILES string of the molecule is Cc1cc(N=Nc2cc(C)c(NC(=O)Nc3cc(C)c(N=Nc4ccc(N=Nc5ccc(OCCCS(=O)(=O)O)cc5)c(C)c4)cc3C)cc2C)ccc1N=Nc1ccc(OCCCS(=O)(=O)O)cc1. The van der Waals surface area contributed by atoms with Crippen LogP contribution in [0.25, 0.3) is 0 Å². The fourth-order valence-corrected chi connectivity index (χ4v) is 7.48. The zero-order chi connectivity index (χ0) is 50.4. The molecule has 0 unspecified atom stereocenters. The predicted octanol–water partition coefficient (Wildman–Crippen LogP) is 14.2. The van der Waals surface area contributed by atoms with Gasteiger partial charge in [-0.2, -0.15) is 57.7 Å². The van der Waals surface area contributed by atoms with Gasteiger partial charge in [-0.1, -0.05) is 0 Å². The summed E-state index contributed by atoms with van der Waals surface area (Å²) in [6, 6.07) is 31.6. The van der Waals surface area contributed by atoms with E-state index < -0.39 is 26.3 Å². The third kappa shape index (κ3) is 16.3. The lowest BCUT2D eigenvalue weighted by molar-refractivity contribution is 0.262. The van der Waals surface area contributed by atoms with Crippen molar-refractivity contribution in [1.82, 2.24) is 0 Å². The first kappa shape index (κ1) is 51.8. The summed E-state index contributed by atoms with van der Waals surface area (Å²) in [6.45, 7) is 11.6. The Hall–Kier alpha value is -7.59. The second-order valence-electron chi connectivity index (χ2n) is 16.2. The van der Waals surface area contributed by atoms with E-state index in [9.17, 15) is 21.6 Å². The Morgan fingerprint density at radius 1 is 0.429 bits per heavy atom. The summed E-state index contributed by atoms with van der Waals surface area (Å²) in [5.41, 5.74) is 11.2. The molecule has 6 rings (SSSR count). The minimum absolute atomic E-state index is 0.145. The van der Waals surface area contributed by atoms with Crippen LogP contribution in [0, 0.1) is 41.5 Å². The van der Waals surface area contributed by atoms with Crippen LogP contribution in [-0.4, -0.2) is 56.7 Å². The molecule has 0 aliphatic rings. The second-order valence-corrected chi connectivity index (χ2v) is 19.3. The number of benzene rings is 6. The number of anilines is 2. The molecule has 0 aliphatic heterocycles. The van der Waals surface area contributed by atoms with Crippen LogP contribution in [0.1, 0.15) is 46.2 Å². The normalized spacial score (nSPS) is 12.1. The van der Waals surface area contributed by atoms with Crippen LogP contribution in [0.2, 0.25) is 0 Å². The van der Waals surface area contributed by atoms with Crippen molar-refractivity contribution in [3.8, 4) is 11.5 Å². The van der Waals surface area contributed by atoms with Crippen molar-refractivity contribution in [2.24, 2.45) is 40.9 Å². The molecule has 6 aromatic carbocycles. The molecule has 0 spiro atoms. The lowest BCUT2D eigenvalue weighted by Crippen LogP contribution is -2.20. The fourth-order valence-electron chi connectivity index (χ4n) is 6.52. The number of azo groups is 4. The second kappa shape index (κ2) is 23.6. The molecule has 21 heteroatoms. The van der Waals surface area contributed by atoms with Gasteiger partial charge in [0.15, 0.2) is 0 Å². The highest BCUT2D eigenvalue weighted by Crippen LogP contribution is 2.33. The number of urea groups is 1. The van der Waals surface area contributed by atoms with Crippen molar-refractivity contribution in [3.63, 3.8) is 0 Å². The number of amides is 2.